The van der Waals surface area contributed by atoms with Crippen LogP contribution >= 0.6 is 12.2 Å². The summed E-state index contributed by atoms with van der Waals surface area (Å²) < 4.78 is 1.56. The largest absolute Gasteiger partial charge is 0.507 e. The van der Waals surface area contributed by atoms with E-state index < -0.39 is 4.92 Å². The number of nitro benzene ring substituents is 1. The number of nitrogens with one attached hydrogen (secondary N) is 1. The van der Waals surface area contributed by atoms with Gasteiger partial charge in [0.15, 0.2) is 5.82 Å². The number of non-ortho nitro benzene ring substituents is 1. The van der Waals surface area contributed by atoms with Crippen molar-refractivity contribution >= 4 is 24.1 Å². The average Bonchev–Trinajstić information content (AvgIpc) is 2.95. The number of aromatic nitrogens is 3. The molecule has 2 aromatic carbocycles. The van der Waals surface area contributed by atoms with Gasteiger partial charge in [-0.05, 0) is 24.4 Å². The minimum atomic E-state index is -0.486. The monoisotopic (exact) mass is 341 g/mol. The van der Waals surface area contributed by atoms with E-state index in [9.17, 15) is 15.2 Å². The van der Waals surface area contributed by atoms with E-state index in [1.165, 1.54) is 29.1 Å². The molecule has 0 fully saturated rings. The molecule has 0 aliphatic rings. The first-order valence-corrected chi connectivity index (χ1v) is 7.21. The zero-order valence-electron chi connectivity index (χ0n) is 12.2. The molecule has 0 spiro atoms. The summed E-state index contributed by atoms with van der Waals surface area (Å²) in [5, 5.41) is 31.6. The van der Waals surface area contributed by atoms with E-state index in [0.29, 0.717) is 17.0 Å². The molecule has 0 atom stereocenters. The molecule has 9 heteroatoms. The van der Waals surface area contributed by atoms with Crippen LogP contribution in [0.25, 0.3) is 11.4 Å². The second kappa shape index (κ2) is 6.42. The number of aromatic hydroxyl groups is 1. The van der Waals surface area contributed by atoms with Gasteiger partial charge in [-0.15, -0.1) is 0 Å². The van der Waals surface area contributed by atoms with Crippen LogP contribution in [-0.2, 0) is 0 Å². The summed E-state index contributed by atoms with van der Waals surface area (Å²) in [7, 11) is 0. The average molecular weight is 341 g/mol. The molecule has 1 aromatic heterocycles. The van der Waals surface area contributed by atoms with Crippen LogP contribution in [0.1, 0.15) is 5.56 Å². The standard InChI is InChI=1S/C15H11N5O3S/c21-13-7-2-1-4-11(13)9-16-19-14(17-18-15(19)24)10-5-3-6-12(8-10)20(22)23/h1-9,21H,(H,18,24). The Morgan fingerprint density at radius 2 is 2.08 bits per heavy atom. The van der Waals surface area contributed by atoms with Gasteiger partial charge in [-0.3, -0.25) is 10.1 Å². The maximum Gasteiger partial charge on any atom is 0.270 e. The fourth-order valence-electron chi connectivity index (χ4n) is 2.06. The molecular weight excluding hydrogens is 330 g/mol. The maximum atomic E-state index is 10.9. The molecule has 8 nitrogen and oxygen atoms in total. The molecule has 3 aromatic rings. The predicted octanol–water partition coefficient (Wildman–Crippen LogP) is 3.10. The molecule has 0 saturated heterocycles. The third kappa shape index (κ3) is 3.06. The smallest absolute Gasteiger partial charge is 0.270 e. The van der Waals surface area contributed by atoms with Gasteiger partial charge in [-0.25, -0.2) is 5.10 Å². The van der Waals surface area contributed by atoms with Crippen LogP contribution in [0.4, 0.5) is 5.69 Å². The topological polar surface area (TPSA) is 109 Å². The van der Waals surface area contributed by atoms with Crippen LogP contribution in [0.2, 0.25) is 0 Å². The third-order valence-corrected chi connectivity index (χ3v) is 3.48. The van der Waals surface area contributed by atoms with E-state index in [2.05, 4.69) is 15.3 Å². The van der Waals surface area contributed by atoms with E-state index >= 15 is 0 Å². The minimum Gasteiger partial charge on any atom is -0.507 e. The van der Waals surface area contributed by atoms with Gasteiger partial charge in [-0.2, -0.15) is 14.9 Å². The molecular formula is C15H11N5O3S. The van der Waals surface area contributed by atoms with Crippen LogP contribution in [-0.4, -0.2) is 31.1 Å². The maximum absolute atomic E-state index is 10.9. The van der Waals surface area contributed by atoms with Gasteiger partial charge in [0.1, 0.15) is 5.75 Å². The molecule has 0 aliphatic heterocycles. The lowest BCUT2D eigenvalue weighted by atomic mass is 10.2. The van der Waals surface area contributed by atoms with Crippen molar-refractivity contribution in [2.45, 2.75) is 0 Å². The molecule has 0 aliphatic carbocycles. The number of nitro groups is 1. The first kappa shape index (κ1) is 15.6. The second-order valence-corrected chi connectivity index (χ2v) is 5.16. The molecule has 0 radical (unpaired) electrons. The molecule has 0 unspecified atom stereocenters. The zero-order valence-corrected chi connectivity index (χ0v) is 13.0. The van der Waals surface area contributed by atoms with Crippen molar-refractivity contribution in [1.82, 2.24) is 14.9 Å². The van der Waals surface area contributed by atoms with Gasteiger partial charge >= 0.3 is 0 Å². The number of phenols is 1. The Balaban J connectivity index is 2.04. The van der Waals surface area contributed by atoms with Gasteiger partial charge < -0.3 is 5.11 Å². The Kier molecular flexibility index (Phi) is 4.17. The highest BCUT2D eigenvalue weighted by atomic mass is 32.1. The van der Waals surface area contributed by atoms with Crippen molar-refractivity contribution in [3.8, 4) is 17.1 Å². The van der Waals surface area contributed by atoms with Gasteiger partial charge in [-0.1, -0.05) is 24.3 Å². The number of rotatable bonds is 4. The summed E-state index contributed by atoms with van der Waals surface area (Å²) in [5.41, 5.74) is 0.939. The number of hydrogen-bond donors (Lipinski definition) is 2. The SMILES string of the molecule is O=[N+]([O-])c1cccc(-c2n[nH]c(=S)n2N=Cc2ccccc2O)c1. The summed E-state index contributed by atoms with van der Waals surface area (Å²) in [6.45, 7) is 0. The second-order valence-electron chi connectivity index (χ2n) is 4.77. The number of hydrogen-bond acceptors (Lipinski definition) is 6. The van der Waals surface area contributed by atoms with Gasteiger partial charge in [0, 0.05) is 23.3 Å². The normalized spacial score (nSPS) is 11.0. The molecule has 1 heterocycles. The van der Waals surface area contributed by atoms with Crippen molar-refractivity contribution in [1.29, 1.82) is 0 Å². The first-order chi connectivity index (χ1) is 11.6. The van der Waals surface area contributed by atoms with Crippen molar-refractivity contribution in [3.05, 3.63) is 69.0 Å². The van der Waals surface area contributed by atoms with Crippen LogP contribution < -0.4 is 0 Å². The summed E-state index contributed by atoms with van der Waals surface area (Å²) in [6, 6.07) is 12.7. The molecule has 24 heavy (non-hydrogen) atoms. The number of nitrogens with zero attached hydrogens (tertiary/aromatic N) is 4. The van der Waals surface area contributed by atoms with Crippen molar-refractivity contribution < 1.29 is 10.0 Å². The van der Waals surface area contributed by atoms with Crippen LogP contribution in [0, 0.1) is 14.9 Å². The van der Waals surface area contributed by atoms with Crippen molar-refractivity contribution in [2.75, 3.05) is 0 Å². The fraction of sp³-hybridized carbons (Fsp3) is 0. The lowest BCUT2D eigenvalue weighted by molar-refractivity contribution is -0.384. The molecule has 120 valence electrons. The molecule has 0 bridgehead atoms. The highest BCUT2D eigenvalue weighted by Crippen LogP contribution is 2.22. The Morgan fingerprint density at radius 3 is 2.83 bits per heavy atom. The number of aromatic amines is 1. The zero-order chi connectivity index (χ0) is 17.1. The quantitative estimate of drug-likeness (QED) is 0.328. The summed E-state index contributed by atoms with van der Waals surface area (Å²) in [6.07, 6.45) is 1.43. The lowest BCUT2D eigenvalue weighted by Crippen LogP contribution is -1.96. The highest BCUT2D eigenvalue weighted by molar-refractivity contribution is 7.71. The Morgan fingerprint density at radius 1 is 1.29 bits per heavy atom. The molecule has 2 N–H and O–H groups in total. The molecule has 0 saturated carbocycles. The fourth-order valence-corrected chi connectivity index (χ4v) is 2.24. The predicted molar refractivity (Wildman–Crippen MR) is 90.6 cm³/mol. The van der Waals surface area contributed by atoms with Crippen molar-refractivity contribution in [2.24, 2.45) is 5.10 Å². The number of benzene rings is 2. The van der Waals surface area contributed by atoms with Gasteiger partial charge in [0.2, 0.25) is 4.77 Å². The van der Waals surface area contributed by atoms with Crippen LogP contribution in [0.3, 0.4) is 0 Å². The summed E-state index contributed by atoms with van der Waals surface area (Å²) in [5.74, 6) is 0.406. The van der Waals surface area contributed by atoms with E-state index in [0.717, 1.165) is 0 Å². The van der Waals surface area contributed by atoms with E-state index in [4.69, 9.17) is 12.2 Å². The van der Waals surface area contributed by atoms with Crippen LogP contribution in [0.15, 0.2) is 53.6 Å². The summed E-state index contributed by atoms with van der Waals surface area (Å²) in [4.78, 5) is 10.4. The Bertz CT molecular complexity index is 993. The van der Waals surface area contributed by atoms with Gasteiger partial charge in [0.05, 0.1) is 11.1 Å². The van der Waals surface area contributed by atoms with Gasteiger partial charge in [0.25, 0.3) is 5.69 Å². The van der Waals surface area contributed by atoms with E-state index in [-0.39, 0.29) is 16.2 Å². The Hall–Kier alpha value is -3.33. The summed E-state index contributed by atoms with van der Waals surface area (Å²) >= 11 is 5.14. The molecule has 0 amide bonds. The van der Waals surface area contributed by atoms with E-state index in [1.54, 1.807) is 30.3 Å². The number of H-pyrrole nitrogens is 1. The Labute approximate surface area is 140 Å². The highest BCUT2D eigenvalue weighted by Gasteiger charge is 2.12. The number of para-hydroxylation sites is 1. The number of phenolic OH excluding ortho intramolecular Hbond substituents is 1. The first-order valence-electron chi connectivity index (χ1n) is 6.81. The molecule has 3 rings (SSSR count). The van der Waals surface area contributed by atoms with Crippen LogP contribution in [0.5, 0.6) is 5.75 Å². The van der Waals surface area contributed by atoms with Crippen molar-refractivity contribution in [3.63, 3.8) is 0 Å². The minimum absolute atomic E-state index is 0.0577. The lowest BCUT2D eigenvalue weighted by Gasteiger charge is -2.01. The third-order valence-electron chi connectivity index (χ3n) is 3.21. The van der Waals surface area contributed by atoms with E-state index in [1.807, 2.05) is 0 Å².